The molecular formula is C11H10FNO. The molecule has 3 heteroatoms. The molecule has 1 amide bonds. The molecule has 0 radical (unpaired) electrons. The van der Waals surface area contributed by atoms with E-state index in [2.05, 4.69) is 11.9 Å². The fraction of sp³-hybridized carbons (Fsp3) is 0.182. The van der Waals surface area contributed by atoms with Gasteiger partial charge in [0, 0.05) is 18.0 Å². The minimum Gasteiger partial charge on any atom is -0.330 e. The van der Waals surface area contributed by atoms with Crippen LogP contribution in [0.15, 0.2) is 36.5 Å². The Balaban J connectivity index is 2.36. The van der Waals surface area contributed by atoms with Crippen molar-refractivity contribution in [2.45, 2.75) is 12.3 Å². The SMILES string of the molecule is C=C1NC(=O)CC1c1ccccc1F. The van der Waals surface area contributed by atoms with Crippen LogP contribution in [0.1, 0.15) is 17.9 Å². The fourth-order valence-corrected chi connectivity index (χ4v) is 1.68. The van der Waals surface area contributed by atoms with Crippen LogP contribution in [0.2, 0.25) is 0 Å². The Bertz CT molecular complexity index is 400. The molecule has 0 bridgehead atoms. The molecule has 0 aromatic heterocycles. The Labute approximate surface area is 81.4 Å². The van der Waals surface area contributed by atoms with Gasteiger partial charge in [-0.1, -0.05) is 24.8 Å². The van der Waals surface area contributed by atoms with E-state index in [1.165, 1.54) is 6.07 Å². The molecule has 1 aliphatic heterocycles. The second-order valence-corrected chi connectivity index (χ2v) is 3.35. The summed E-state index contributed by atoms with van der Waals surface area (Å²) >= 11 is 0. The van der Waals surface area contributed by atoms with Gasteiger partial charge in [0.2, 0.25) is 5.91 Å². The molecule has 1 saturated heterocycles. The molecular weight excluding hydrogens is 181 g/mol. The number of nitrogens with one attached hydrogen (secondary N) is 1. The average molecular weight is 191 g/mol. The fourth-order valence-electron chi connectivity index (χ4n) is 1.68. The van der Waals surface area contributed by atoms with Crippen molar-refractivity contribution in [1.29, 1.82) is 0 Å². The Morgan fingerprint density at radius 1 is 1.43 bits per heavy atom. The van der Waals surface area contributed by atoms with Crippen molar-refractivity contribution in [3.63, 3.8) is 0 Å². The predicted octanol–water partition coefficient (Wildman–Crippen LogP) is 1.94. The zero-order valence-electron chi connectivity index (χ0n) is 7.59. The van der Waals surface area contributed by atoms with Crippen LogP contribution in [0.4, 0.5) is 4.39 Å². The summed E-state index contributed by atoms with van der Waals surface area (Å²) in [5.41, 5.74) is 1.12. The number of rotatable bonds is 1. The Kier molecular flexibility index (Phi) is 2.08. The van der Waals surface area contributed by atoms with E-state index in [0.717, 1.165) is 0 Å². The normalized spacial score (nSPS) is 21.1. The quantitative estimate of drug-likeness (QED) is 0.722. The van der Waals surface area contributed by atoms with Crippen LogP contribution >= 0.6 is 0 Å². The molecule has 0 spiro atoms. The van der Waals surface area contributed by atoms with Gasteiger partial charge in [-0.25, -0.2) is 4.39 Å². The smallest absolute Gasteiger partial charge is 0.225 e. The van der Waals surface area contributed by atoms with Crippen molar-refractivity contribution in [1.82, 2.24) is 5.32 Å². The standard InChI is InChI=1S/C11H10FNO/c1-7-9(6-11(14)13-7)8-4-2-3-5-10(8)12/h2-5,9H,1,6H2,(H,13,14). The second-order valence-electron chi connectivity index (χ2n) is 3.35. The van der Waals surface area contributed by atoms with E-state index in [1.54, 1.807) is 18.2 Å². The molecule has 1 aromatic carbocycles. The molecule has 1 aromatic rings. The molecule has 0 saturated carbocycles. The minimum atomic E-state index is -0.282. The lowest BCUT2D eigenvalue weighted by Gasteiger charge is -2.09. The van der Waals surface area contributed by atoms with Gasteiger partial charge in [-0.3, -0.25) is 4.79 Å². The van der Waals surface area contributed by atoms with Gasteiger partial charge < -0.3 is 5.32 Å². The number of carbonyl (C=O) groups is 1. The van der Waals surface area contributed by atoms with E-state index in [-0.39, 0.29) is 17.6 Å². The molecule has 1 heterocycles. The van der Waals surface area contributed by atoms with Crippen LogP contribution in [0, 0.1) is 5.82 Å². The third kappa shape index (κ3) is 1.41. The predicted molar refractivity (Wildman–Crippen MR) is 51.0 cm³/mol. The number of halogens is 1. The first-order chi connectivity index (χ1) is 6.68. The maximum atomic E-state index is 13.4. The maximum absolute atomic E-state index is 13.4. The molecule has 1 N–H and O–H groups in total. The first-order valence-corrected chi connectivity index (χ1v) is 4.41. The van der Waals surface area contributed by atoms with Gasteiger partial charge in [0.1, 0.15) is 5.82 Å². The van der Waals surface area contributed by atoms with E-state index in [0.29, 0.717) is 17.7 Å². The maximum Gasteiger partial charge on any atom is 0.225 e. The van der Waals surface area contributed by atoms with Gasteiger partial charge in [-0.2, -0.15) is 0 Å². The summed E-state index contributed by atoms with van der Waals surface area (Å²) in [6.45, 7) is 3.70. The monoisotopic (exact) mass is 191 g/mol. The van der Waals surface area contributed by atoms with Crippen molar-refractivity contribution < 1.29 is 9.18 Å². The molecule has 1 atom stereocenters. The van der Waals surface area contributed by atoms with Gasteiger partial charge in [0.05, 0.1) is 0 Å². The van der Waals surface area contributed by atoms with Crippen molar-refractivity contribution >= 4 is 5.91 Å². The zero-order chi connectivity index (χ0) is 10.1. The number of allylic oxidation sites excluding steroid dienone is 1. The van der Waals surface area contributed by atoms with E-state index in [1.807, 2.05) is 0 Å². The summed E-state index contributed by atoms with van der Waals surface area (Å²) < 4.78 is 13.4. The lowest BCUT2D eigenvalue weighted by atomic mass is 9.95. The van der Waals surface area contributed by atoms with Crippen LogP contribution in [0.25, 0.3) is 0 Å². The molecule has 0 aliphatic carbocycles. The van der Waals surface area contributed by atoms with E-state index >= 15 is 0 Å². The van der Waals surface area contributed by atoms with Gasteiger partial charge in [-0.15, -0.1) is 0 Å². The highest BCUT2D eigenvalue weighted by Gasteiger charge is 2.28. The Morgan fingerprint density at radius 2 is 2.14 bits per heavy atom. The van der Waals surface area contributed by atoms with Crippen molar-refractivity contribution in [2.24, 2.45) is 0 Å². The lowest BCUT2D eigenvalue weighted by molar-refractivity contribution is -0.118. The number of amides is 1. The zero-order valence-corrected chi connectivity index (χ0v) is 7.59. The third-order valence-corrected chi connectivity index (χ3v) is 2.39. The van der Waals surface area contributed by atoms with E-state index in [4.69, 9.17) is 0 Å². The first kappa shape index (κ1) is 8.94. The number of benzene rings is 1. The summed E-state index contributed by atoms with van der Waals surface area (Å²) in [5.74, 6) is -0.595. The third-order valence-electron chi connectivity index (χ3n) is 2.39. The van der Waals surface area contributed by atoms with Crippen LogP contribution < -0.4 is 5.32 Å². The molecule has 14 heavy (non-hydrogen) atoms. The summed E-state index contributed by atoms with van der Waals surface area (Å²) in [5, 5.41) is 2.59. The highest BCUT2D eigenvalue weighted by Crippen LogP contribution is 2.31. The van der Waals surface area contributed by atoms with Gasteiger partial charge in [0.25, 0.3) is 0 Å². The average Bonchev–Trinajstić information content (AvgIpc) is 2.46. The Hall–Kier alpha value is -1.64. The largest absolute Gasteiger partial charge is 0.330 e. The van der Waals surface area contributed by atoms with Gasteiger partial charge in [-0.05, 0) is 11.6 Å². The number of hydrogen-bond acceptors (Lipinski definition) is 1. The van der Waals surface area contributed by atoms with Crippen LogP contribution in [0.3, 0.4) is 0 Å². The summed E-state index contributed by atoms with van der Waals surface area (Å²) in [7, 11) is 0. The molecule has 1 unspecified atom stereocenters. The molecule has 1 aliphatic rings. The Morgan fingerprint density at radius 3 is 2.71 bits per heavy atom. The van der Waals surface area contributed by atoms with Crippen LogP contribution in [-0.4, -0.2) is 5.91 Å². The first-order valence-electron chi connectivity index (χ1n) is 4.41. The van der Waals surface area contributed by atoms with Gasteiger partial charge in [0.15, 0.2) is 0 Å². The molecule has 72 valence electrons. The topological polar surface area (TPSA) is 29.1 Å². The van der Waals surface area contributed by atoms with Gasteiger partial charge >= 0.3 is 0 Å². The highest BCUT2D eigenvalue weighted by molar-refractivity contribution is 5.83. The summed E-state index contributed by atoms with van der Waals surface area (Å²) in [6, 6.07) is 6.47. The summed E-state index contributed by atoms with van der Waals surface area (Å²) in [6.07, 6.45) is 0.291. The second kappa shape index (κ2) is 3.25. The lowest BCUT2D eigenvalue weighted by Crippen LogP contribution is -2.11. The number of hydrogen-bond donors (Lipinski definition) is 1. The van der Waals surface area contributed by atoms with Crippen molar-refractivity contribution in [3.05, 3.63) is 47.9 Å². The molecule has 2 rings (SSSR count). The molecule has 1 fully saturated rings. The van der Waals surface area contributed by atoms with Crippen molar-refractivity contribution in [3.8, 4) is 0 Å². The molecule has 2 nitrogen and oxygen atoms in total. The van der Waals surface area contributed by atoms with Crippen molar-refractivity contribution in [2.75, 3.05) is 0 Å². The van der Waals surface area contributed by atoms with Crippen LogP contribution in [-0.2, 0) is 4.79 Å². The minimum absolute atomic E-state index is 0.0942. The highest BCUT2D eigenvalue weighted by atomic mass is 19.1. The summed E-state index contributed by atoms with van der Waals surface area (Å²) in [4.78, 5) is 11.1. The number of carbonyl (C=O) groups excluding carboxylic acids is 1. The van der Waals surface area contributed by atoms with E-state index in [9.17, 15) is 9.18 Å². The van der Waals surface area contributed by atoms with Crippen LogP contribution in [0.5, 0.6) is 0 Å². The van der Waals surface area contributed by atoms with E-state index < -0.39 is 0 Å².